The number of fused-ring (bicyclic) bond motifs is 1. The molecule has 3 rings (SSSR count). The standard InChI is InChI=1S/C20H17F3N2O2/c1-25(2)18-11-16(12-4-7-14(8-5-12)20(21,22)23)24-17-10-13(19(26)27-3)6-9-15(17)18/h4-11H,1-3H3. The molecule has 0 amide bonds. The summed E-state index contributed by atoms with van der Waals surface area (Å²) in [5.41, 5.74) is 2.10. The van der Waals surface area contributed by atoms with Gasteiger partial charge in [0.05, 0.1) is 29.4 Å². The summed E-state index contributed by atoms with van der Waals surface area (Å²) in [6.07, 6.45) is -4.39. The number of esters is 1. The van der Waals surface area contributed by atoms with Gasteiger partial charge in [-0.05, 0) is 36.4 Å². The van der Waals surface area contributed by atoms with Gasteiger partial charge in [0.25, 0.3) is 0 Å². The molecule has 140 valence electrons. The van der Waals surface area contributed by atoms with E-state index >= 15 is 0 Å². The molecule has 27 heavy (non-hydrogen) atoms. The number of methoxy groups -OCH3 is 1. The van der Waals surface area contributed by atoms with E-state index in [0.29, 0.717) is 22.3 Å². The van der Waals surface area contributed by atoms with Crippen LogP contribution in [-0.2, 0) is 10.9 Å². The lowest BCUT2D eigenvalue weighted by molar-refractivity contribution is -0.137. The molecule has 0 spiro atoms. The lowest BCUT2D eigenvalue weighted by atomic mass is 10.0. The molecule has 0 bridgehead atoms. The fraction of sp³-hybridized carbons (Fsp3) is 0.200. The predicted octanol–water partition coefficient (Wildman–Crippen LogP) is 4.77. The number of hydrogen-bond acceptors (Lipinski definition) is 4. The molecule has 0 atom stereocenters. The number of hydrogen-bond donors (Lipinski definition) is 0. The first-order valence-corrected chi connectivity index (χ1v) is 8.09. The van der Waals surface area contributed by atoms with E-state index < -0.39 is 17.7 Å². The Balaban J connectivity index is 2.16. The average Bonchev–Trinajstić information content (AvgIpc) is 2.65. The molecule has 3 aromatic rings. The van der Waals surface area contributed by atoms with E-state index in [-0.39, 0.29) is 0 Å². The Morgan fingerprint density at radius 1 is 1.04 bits per heavy atom. The number of ether oxygens (including phenoxy) is 1. The highest BCUT2D eigenvalue weighted by Crippen LogP contribution is 2.33. The van der Waals surface area contributed by atoms with Crippen molar-refractivity contribution in [2.75, 3.05) is 26.1 Å². The van der Waals surface area contributed by atoms with Gasteiger partial charge in [-0.3, -0.25) is 0 Å². The Morgan fingerprint density at radius 2 is 1.70 bits per heavy atom. The van der Waals surface area contributed by atoms with E-state index in [1.54, 1.807) is 18.2 Å². The fourth-order valence-electron chi connectivity index (χ4n) is 2.80. The highest BCUT2D eigenvalue weighted by Gasteiger charge is 2.30. The van der Waals surface area contributed by atoms with Crippen LogP contribution in [-0.4, -0.2) is 32.2 Å². The van der Waals surface area contributed by atoms with Gasteiger partial charge < -0.3 is 9.64 Å². The number of pyridine rings is 1. The minimum atomic E-state index is -4.39. The van der Waals surface area contributed by atoms with Crippen molar-refractivity contribution < 1.29 is 22.7 Å². The zero-order valence-electron chi connectivity index (χ0n) is 15.0. The van der Waals surface area contributed by atoms with Crippen molar-refractivity contribution in [3.05, 3.63) is 59.7 Å². The summed E-state index contributed by atoms with van der Waals surface area (Å²) in [6.45, 7) is 0. The van der Waals surface area contributed by atoms with E-state index in [0.717, 1.165) is 23.2 Å². The highest BCUT2D eigenvalue weighted by atomic mass is 19.4. The summed E-state index contributed by atoms with van der Waals surface area (Å²) in [7, 11) is 5.02. The first kappa shape index (κ1) is 18.7. The van der Waals surface area contributed by atoms with Crippen LogP contribution in [0.15, 0.2) is 48.5 Å². The van der Waals surface area contributed by atoms with E-state index in [1.165, 1.54) is 19.2 Å². The normalized spacial score (nSPS) is 11.5. The second-order valence-corrected chi connectivity index (χ2v) is 6.22. The van der Waals surface area contributed by atoms with Crippen LogP contribution >= 0.6 is 0 Å². The topological polar surface area (TPSA) is 42.4 Å². The smallest absolute Gasteiger partial charge is 0.416 e. The number of carbonyl (C=O) groups is 1. The molecule has 4 nitrogen and oxygen atoms in total. The number of benzene rings is 2. The van der Waals surface area contributed by atoms with Gasteiger partial charge in [-0.25, -0.2) is 9.78 Å². The molecule has 0 aliphatic carbocycles. The molecule has 0 fully saturated rings. The Morgan fingerprint density at radius 3 is 2.26 bits per heavy atom. The largest absolute Gasteiger partial charge is 0.465 e. The maximum absolute atomic E-state index is 12.8. The van der Waals surface area contributed by atoms with E-state index in [2.05, 4.69) is 4.98 Å². The van der Waals surface area contributed by atoms with Crippen LogP contribution in [0.25, 0.3) is 22.2 Å². The zero-order chi connectivity index (χ0) is 19.8. The Kier molecular flexibility index (Phi) is 4.78. The van der Waals surface area contributed by atoms with Crippen molar-refractivity contribution in [1.82, 2.24) is 4.98 Å². The Labute approximate surface area is 154 Å². The molecular weight excluding hydrogens is 357 g/mol. The minimum Gasteiger partial charge on any atom is -0.465 e. The maximum Gasteiger partial charge on any atom is 0.416 e. The van der Waals surface area contributed by atoms with Crippen molar-refractivity contribution in [2.45, 2.75) is 6.18 Å². The first-order valence-electron chi connectivity index (χ1n) is 8.09. The second kappa shape index (κ2) is 6.90. The zero-order valence-corrected chi connectivity index (χ0v) is 15.0. The molecule has 0 radical (unpaired) electrons. The van der Waals surface area contributed by atoms with Crippen LogP contribution in [0.3, 0.4) is 0 Å². The van der Waals surface area contributed by atoms with Gasteiger partial charge in [0, 0.05) is 30.7 Å². The average molecular weight is 374 g/mol. The fourth-order valence-corrected chi connectivity index (χ4v) is 2.80. The van der Waals surface area contributed by atoms with Gasteiger partial charge in [0.15, 0.2) is 0 Å². The van der Waals surface area contributed by atoms with Gasteiger partial charge in [-0.2, -0.15) is 13.2 Å². The number of anilines is 1. The number of nitrogens with zero attached hydrogens (tertiary/aromatic N) is 2. The molecule has 1 heterocycles. The maximum atomic E-state index is 12.8. The molecular formula is C20H17F3N2O2. The first-order chi connectivity index (χ1) is 12.7. The predicted molar refractivity (Wildman–Crippen MR) is 97.8 cm³/mol. The third kappa shape index (κ3) is 3.72. The van der Waals surface area contributed by atoms with Crippen LogP contribution in [0.5, 0.6) is 0 Å². The molecule has 7 heteroatoms. The lowest BCUT2D eigenvalue weighted by Gasteiger charge is -2.17. The van der Waals surface area contributed by atoms with E-state index in [9.17, 15) is 18.0 Å². The SMILES string of the molecule is COC(=O)c1ccc2c(N(C)C)cc(-c3ccc(C(F)(F)F)cc3)nc2c1. The Bertz CT molecular complexity index is 997. The van der Waals surface area contributed by atoms with Crippen molar-refractivity contribution in [2.24, 2.45) is 0 Å². The molecule has 0 N–H and O–H groups in total. The van der Waals surface area contributed by atoms with Crippen LogP contribution in [0.4, 0.5) is 18.9 Å². The molecule has 0 unspecified atom stereocenters. The third-order valence-corrected chi connectivity index (χ3v) is 4.20. The third-order valence-electron chi connectivity index (χ3n) is 4.20. The van der Waals surface area contributed by atoms with Crippen molar-refractivity contribution in [1.29, 1.82) is 0 Å². The summed E-state index contributed by atoms with van der Waals surface area (Å²) in [5.74, 6) is -0.481. The van der Waals surface area contributed by atoms with Gasteiger partial charge >= 0.3 is 12.1 Å². The molecule has 0 saturated carbocycles. The second-order valence-electron chi connectivity index (χ2n) is 6.22. The van der Waals surface area contributed by atoms with Crippen LogP contribution in [0, 0.1) is 0 Å². The number of rotatable bonds is 3. The molecule has 0 aliphatic rings. The number of aromatic nitrogens is 1. The highest BCUT2D eigenvalue weighted by molar-refractivity contribution is 5.99. The van der Waals surface area contributed by atoms with E-state index in [4.69, 9.17) is 4.74 Å². The summed E-state index contributed by atoms with van der Waals surface area (Å²) < 4.78 is 43.1. The molecule has 1 aromatic heterocycles. The summed E-state index contributed by atoms with van der Waals surface area (Å²) in [6, 6.07) is 11.7. The lowest BCUT2D eigenvalue weighted by Crippen LogP contribution is -2.10. The van der Waals surface area contributed by atoms with Gasteiger partial charge in [-0.1, -0.05) is 12.1 Å². The van der Waals surface area contributed by atoms with E-state index in [1.807, 2.05) is 25.1 Å². The van der Waals surface area contributed by atoms with Gasteiger partial charge in [0.1, 0.15) is 0 Å². The number of alkyl halides is 3. The number of carbonyl (C=O) groups excluding carboxylic acids is 1. The monoisotopic (exact) mass is 374 g/mol. The molecule has 0 saturated heterocycles. The summed E-state index contributed by atoms with van der Waals surface area (Å²) in [5, 5.41) is 0.823. The van der Waals surface area contributed by atoms with Gasteiger partial charge in [-0.15, -0.1) is 0 Å². The quantitative estimate of drug-likeness (QED) is 0.619. The molecule has 2 aromatic carbocycles. The van der Waals surface area contributed by atoms with Crippen LogP contribution < -0.4 is 4.90 Å². The van der Waals surface area contributed by atoms with Crippen molar-refractivity contribution in [3.63, 3.8) is 0 Å². The minimum absolute atomic E-state index is 0.353. The number of halogens is 3. The van der Waals surface area contributed by atoms with Crippen molar-refractivity contribution in [3.8, 4) is 11.3 Å². The summed E-state index contributed by atoms with van der Waals surface area (Å²) in [4.78, 5) is 18.2. The van der Waals surface area contributed by atoms with Gasteiger partial charge in [0.2, 0.25) is 0 Å². The van der Waals surface area contributed by atoms with Crippen molar-refractivity contribution >= 4 is 22.6 Å². The van der Waals surface area contributed by atoms with Crippen LogP contribution in [0.1, 0.15) is 15.9 Å². The Hall–Kier alpha value is -3.09. The summed E-state index contributed by atoms with van der Waals surface area (Å²) >= 11 is 0. The molecule has 0 aliphatic heterocycles. The van der Waals surface area contributed by atoms with Crippen LogP contribution in [0.2, 0.25) is 0 Å².